The summed E-state index contributed by atoms with van der Waals surface area (Å²) < 4.78 is 0. The molecule has 0 fully saturated rings. The van der Waals surface area contributed by atoms with Crippen molar-refractivity contribution in [3.8, 4) is 90.1 Å². The molecule has 9 aromatic rings. The molecule has 76 heavy (non-hydrogen) atoms. The Labute approximate surface area is 450 Å². The molecule has 0 bridgehead atoms. The van der Waals surface area contributed by atoms with Crippen LogP contribution < -0.4 is 0 Å². The Bertz CT molecular complexity index is 3290. The molecule has 0 saturated heterocycles. The fourth-order valence-electron chi connectivity index (χ4n) is 9.18. The van der Waals surface area contributed by atoms with Gasteiger partial charge in [-0.3, -0.25) is 4.79 Å². The molecule has 0 saturated carbocycles. The van der Waals surface area contributed by atoms with E-state index in [9.17, 15) is 25.4 Å². The molecule has 0 atom stereocenters. The second-order valence-electron chi connectivity index (χ2n) is 17.7. The molecule has 0 aliphatic heterocycles. The average molecular weight is 1010 g/mol. The van der Waals surface area contributed by atoms with Gasteiger partial charge in [0.05, 0.1) is 17.8 Å². The van der Waals surface area contributed by atoms with E-state index in [-0.39, 0.29) is 24.7 Å². The molecule has 0 aromatic heterocycles. The summed E-state index contributed by atoms with van der Waals surface area (Å²) in [7, 11) is 0. The number of phenols is 3. The van der Waals surface area contributed by atoms with Crippen molar-refractivity contribution in [1.29, 1.82) is 5.26 Å². The molecule has 0 spiro atoms. The number of phenolic OH excluding ortho intramolecular Hbond substituents is 3. The Hall–Kier alpha value is -8.99. The first-order valence-electron chi connectivity index (χ1n) is 25.8. The number of nitrogens with zero attached hydrogens (tertiary/aromatic N) is 2. The zero-order valence-electron chi connectivity index (χ0n) is 43.5. The van der Waals surface area contributed by atoms with Crippen molar-refractivity contribution >= 4 is 12.5 Å². The molecule has 0 amide bonds. The van der Waals surface area contributed by atoms with Crippen molar-refractivity contribution in [1.82, 2.24) is 0 Å². The number of aromatic hydroxyl groups is 3. The zero-order chi connectivity index (χ0) is 53.5. The molecule has 0 aliphatic rings. The second kappa shape index (κ2) is 29.6. The third kappa shape index (κ3) is 15.1. The summed E-state index contributed by atoms with van der Waals surface area (Å²) in [6.45, 7) is 10.4. The number of carbonyl (C=O) groups excluding carboxylic acids is 1. The van der Waals surface area contributed by atoms with Crippen LogP contribution in [0.4, 0.5) is 0 Å². The molecule has 0 heterocycles. The highest BCUT2D eigenvalue weighted by Gasteiger charge is 2.17. The Morgan fingerprint density at radius 3 is 1.08 bits per heavy atom. The maximum absolute atomic E-state index is 11.8. The summed E-state index contributed by atoms with van der Waals surface area (Å²) >= 11 is 0. The van der Waals surface area contributed by atoms with E-state index >= 15 is 0 Å². The van der Waals surface area contributed by atoms with Gasteiger partial charge in [-0.15, -0.1) is 0 Å². The van der Waals surface area contributed by atoms with Gasteiger partial charge in [0.25, 0.3) is 0 Å². The van der Waals surface area contributed by atoms with E-state index < -0.39 is 0 Å². The van der Waals surface area contributed by atoms with E-state index in [1.807, 2.05) is 153 Å². The van der Waals surface area contributed by atoms with Crippen LogP contribution in [0.3, 0.4) is 0 Å². The van der Waals surface area contributed by atoms with E-state index in [1.54, 1.807) is 36.4 Å². The smallest absolute Gasteiger partial charge is 0.150 e. The molecular formula is C69H70N2O5. The van der Waals surface area contributed by atoms with Crippen LogP contribution in [0.1, 0.15) is 99.5 Å². The number of hydrogen-bond acceptors (Lipinski definition) is 7. The fourth-order valence-corrected chi connectivity index (χ4v) is 9.18. The van der Waals surface area contributed by atoms with Crippen LogP contribution in [0.25, 0.3) is 66.8 Å². The van der Waals surface area contributed by atoms with E-state index in [0.717, 1.165) is 128 Å². The lowest BCUT2D eigenvalue weighted by Crippen LogP contribution is -1.97. The van der Waals surface area contributed by atoms with Gasteiger partial charge in [0.2, 0.25) is 0 Å². The number of oxime groups is 1. The SMILES string of the molecule is C.CC.CCCc1cc(/C=N/O)c(-c2ccccc2)c(-c2ccc(O)cc2)c1.CCCc1cc(C#N)c(-c2ccccc2)c(-c2ccc(O)cc2)c1.CCCc1cc(C=O)c(-c2ccccc2)c(-c2ccc(O)cc2)c1. The van der Waals surface area contributed by atoms with Gasteiger partial charge in [0.15, 0.2) is 6.29 Å². The number of aldehydes is 1. The number of aryl methyl sites for hydroxylation is 3. The highest BCUT2D eigenvalue weighted by atomic mass is 16.4. The lowest BCUT2D eigenvalue weighted by molar-refractivity contribution is 0.112. The van der Waals surface area contributed by atoms with E-state index in [0.29, 0.717) is 11.1 Å². The minimum absolute atomic E-state index is 0. The van der Waals surface area contributed by atoms with Crippen LogP contribution >= 0.6 is 0 Å². The lowest BCUT2D eigenvalue weighted by atomic mass is 9.88. The Morgan fingerprint density at radius 2 is 0.750 bits per heavy atom. The first-order valence-corrected chi connectivity index (χ1v) is 25.8. The van der Waals surface area contributed by atoms with Gasteiger partial charge < -0.3 is 20.5 Å². The highest BCUT2D eigenvalue weighted by molar-refractivity contribution is 5.98. The van der Waals surface area contributed by atoms with Crippen LogP contribution in [0.15, 0.2) is 205 Å². The summed E-state index contributed by atoms with van der Waals surface area (Å²) in [4.78, 5) is 11.8. The summed E-state index contributed by atoms with van der Waals surface area (Å²) in [5, 5.41) is 50.9. The molecule has 386 valence electrons. The zero-order valence-corrected chi connectivity index (χ0v) is 43.5. The highest BCUT2D eigenvalue weighted by Crippen LogP contribution is 2.40. The first-order chi connectivity index (χ1) is 36.7. The summed E-state index contributed by atoms with van der Waals surface area (Å²) in [5.74, 6) is 0.720. The summed E-state index contributed by atoms with van der Waals surface area (Å²) in [6.07, 6.45) is 8.34. The van der Waals surface area contributed by atoms with Crippen molar-refractivity contribution in [3.63, 3.8) is 0 Å². The van der Waals surface area contributed by atoms with E-state index in [2.05, 4.69) is 56.3 Å². The fraction of sp³-hybridized carbons (Fsp3) is 0.174. The van der Waals surface area contributed by atoms with Crippen molar-refractivity contribution in [2.24, 2.45) is 5.16 Å². The number of hydrogen-bond donors (Lipinski definition) is 4. The van der Waals surface area contributed by atoms with Crippen molar-refractivity contribution in [2.75, 3.05) is 0 Å². The van der Waals surface area contributed by atoms with Gasteiger partial charge in [-0.05, 0) is 146 Å². The third-order valence-corrected chi connectivity index (χ3v) is 12.4. The van der Waals surface area contributed by atoms with Gasteiger partial charge in [0.1, 0.15) is 17.2 Å². The van der Waals surface area contributed by atoms with Crippen molar-refractivity contribution in [2.45, 2.75) is 80.6 Å². The molecule has 0 radical (unpaired) electrons. The topological polar surface area (TPSA) is 134 Å². The van der Waals surface area contributed by atoms with Gasteiger partial charge in [-0.25, -0.2) is 0 Å². The van der Waals surface area contributed by atoms with Crippen LogP contribution in [0.2, 0.25) is 0 Å². The molecule has 0 unspecified atom stereocenters. The molecule has 0 aliphatic carbocycles. The number of rotatable bonds is 14. The Morgan fingerprint density at radius 1 is 0.434 bits per heavy atom. The molecule has 7 heteroatoms. The minimum Gasteiger partial charge on any atom is -0.508 e. The van der Waals surface area contributed by atoms with E-state index in [1.165, 1.54) is 11.8 Å². The van der Waals surface area contributed by atoms with Crippen LogP contribution in [0.5, 0.6) is 17.2 Å². The van der Waals surface area contributed by atoms with Crippen molar-refractivity contribution in [3.05, 3.63) is 234 Å². The predicted octanol–water partition coefficient (Wildman–Crippen LogP) is 18.2. The first kappa shape index (κ1) is 57.9. The predicted molar refractivity (Wildman–Crippen MR) is 316 cm³/mol. The summed E-state index contributed by atoms with van der Waals surface area (Å²) in [6, 6.07) is 66.5. The lowest BCUT2D eigenvalue weighted by Gasteiger charge is -2.16. The molecule has 4 N–H and O–H groups in total. The van der Waals surface area contributed by atoms with Gasteiger partial charge >= 0.3 is 0 Å². The normalized spacial score (nSPS) is 10.3. The Balaban J connectivity index is 0.000000206. The maximum atomic E-state index is 11.8. The van der Waals surface area contributed by atoms with Crippen LogP contribution in [-0.4, -0.2) is 33.0 Å². The largest absolute Gasteiger partial charge is 0.508 e. The third-order valence-electron chi connectivity index (χ3n) is 12.4. The van der Waals surface area contributed by atoms with Crippen molar-refractivity contribution < 1.29 is 25.3 Å². The second-order valence-corrected chi connectivity index (χ2v) is 17.7. The van der Waals surface area contributed by atoms with Crippen LogP contribution in [0, 0.1) is 11.3 Å². The average Bonchev–Trinajstić information content (AvgIpc) is 3.45. The van der Waals surface area contributed by atoms with E-state index in [4.69, 9.17) is 5.21 Å². The monoisotopic (exact) mass is 1010 g/mol. The standard InChI is InChI=1S/C22H21NO2.C22H19NO.C22H20O2.C2H6.CH4/c1-2-6-16-13-19(15-23-25)22(18-7-4-3-5-8-18)21(14-16)17-9-11-20(24)12-10-17;2*1-2-6-16-13-19(15-23)22(18-7-4-3-5-8-18)21(14-16)17-9-11-20(24)12-10-17;1-2;/h3-5,7-15,24-25H,2,6H2,1H3;3-5,7-14,24H,2,6H2,1H3;3-5,7-15,24H,2,6H2,1H3;1-2H3;1H4/b23-15+;;;;. The van der Waals surface area contributed by atoms with Gasteiger partial charge in [-0.2, -0.15) is 5.26 Å². The summed E-state index contributed by atoms with van der Waals surface area (Å²) in [5.41, 5.74) is 17.9. The number of carbonyl (C=O) groups is 1. The van der Waals surface area contributed by atoms with Gasteiger partial charge in [-0.1, -0.05) is 212 Å². The minimum atomic E-state index is 0. The Kier molecular flexibility index (Phi) is 22.6. The maximum Gasteiger partial charge on any atom is 0.150 e. The number of nitriles is 1. The van der Waals surface area contributed by atoms with Crippen LogP contribution in [-0.2, 0) is 19.3 Å². The molecule has 7 nitrogen and oxygen atoms in total. The molecule has 9 aromatic carbocycles. The quantitative estimate of drug-likeness (QED) is 0.0371. The molecular weight excluding hydrogens is 937 g/mol. The molecule has 9 rings (SSSR count). The number of benzene rings is 9. The van der Waals surface area contributed by atoms with Gasteiger partial charge in [0, 0.05) is 22.3 Å².